The summed E-state index contributed by atoms with van der Waals surface area (Å²) in [5, 5.41) is 13.3. The third-order valence-corrected chi connectivity index (χ3v) is 7.05. The van der Waals surface area contributed by atoms with E-state index in [1.165, 1.54) is 30.6 Å². The molecule has 5 nitrogen and oxygen atoms in total. The maximum Gasteiger partial charge on any atom is 0.416 e. The van der Waals surface area contributed by atoms with E-state index < -0.39 is 35.2 Å². The second-order valence-corrected chi connectivity index (χ2v) is 9.37. The fourth-order valence-electron chi connectivity index (χ4n) is 4.10. The van der Waals surface area contributed by atoms with Crippen molar-refractivity contribution in [2.45, 2.75) is 26.1 Å². The minimum absolute atomic E-state index is 0.0961. The molecule has 0 aliphatic carbocycles. The molecule has 1 fully saturated rings. The number of aliphatic hydroxyl groups is 1. The minimum atomic E-state index is -4.65. The van der Waals surface area contributed by atoms with Crippen LogP contribution >= 0.6 is 22.9 Å². The molecule has 2 heterocycles. The second-order valence-electron chi connectivity index (χ2n) is 8.01. The predicted octanol–water partition coefficient (Wildman–Crippen LogP) is 6.67. The standard InChI is InChI=1S/C25H19ClF3NO4S/c1-12-9-16(22(34-3)17(26)10-12)20(31)18-19(23-13(2)7-8-35-23)30(24(33)21(18)32)15-6-4-5-14(11-15)25(27,28)29/h4-11,19,31H,1-3H3/b20-18+. The monoisotopic (exact) mass is 521 g/mol. The normalized spacial score (nSPS) is 17.8. The number of alkyl halides is 3. The number of ether oxygens (including phenoxy) is 1. The van der Waals surface area contributed by atoms with Crippen LogP contribution < -0.4 is 9.64 Å². The van der Waals surface area contributed by atoms with Crippen molar-refractivity contribution in [1.82, 2.24) is 0 Å². The van der Waals surface area contributed by atoms with Crippen molar-refractivity contribution in [3.8, 4) is 5.75 Å². The van der Waals surface area contributed by atoms with Gasteiger partial charge in [-0.1, -0.05) is 17.7 Å². The van der Waals surface area contributed by atoms with Crippen molar-refractivity contribution >= 4 is 46.1 Å². The number of ketones is 1. The summed E-state index contributed by atoms with van der Waals surface area (Å²) in [6.45, 7) is 3.48. The van der Waals surface area contributed by atoms with E-state index in [1.807, 2.05) is 0 Å². The van der Waals surface area contributed by atoms with Crippen molar-refractivity contribution in [3.63, 3.8) is 0 Å². The van der Waals surface area contributed by atoms with E-state index in [4.69, 9.17) is 16.3 Å². The van der Waals surface area contributed by atoms with Crippen LogP contribution in [0.2, 0.25) is 5.02 Å². The predicted molar refractivity (Wildman–Crippen MR) is 128 cm³/mol. The zero-order chi connectivity index (χ0) is 25.7. The fraction of sp³-hybridized carbons (Fsp3) is 0.200. The lowest BCUT2D eigenvalue weighted by atomic mass is 9.97. The van der Waals surface area contributed by atoms with Crippen LogP contribution in [0.15, 0.2) is 53.4 Å². The van der Waals surface area contributed by atoms with Crippen LogP contribution in [0.4, 0.5) is 18.9 Å². The Kier molecular flexibility index (Phi) is 6.42. The lowest BCUT2D eigenvalue weighted by Crippen LogP contribution is -2.29. The van der Waals surface area contributed by atoms with Gasteiger partial charge in [-0.15, -0.1) is 11.3 Å². The Morgan fingerprint density at radius 2 is 1.86 bits per heavy atom. The van der Waals surface area contributed by atoms with E-state index in [2.05, 4.69) is 0 Å². The van der Waals surface area contributed by atoms with Gasteiger partial charge in [-0.2, -0.15) is 13.2 Å². The molecule has 0 saturated carbocycles. The molecule has 0 bridgehead atoms. The van der Waals surface area contributed by atoms with Gasteiger partial charge in [-0.05, 0) is 66.8 Å². The van der Waals surface area contributed by atoms with Gasteiger partial charge in [0.15, 0.2) is 0 Å². The van der Waals surface area contributed by atoms with E-state index in [1.54, 1.807) is 37.4 Å². The highest BCUT2D eigenvalue weighted by Gasteiger charge is 2.48. The molecule has 1 atom stereocenters. The van der Waals surface area contributed by atoms with Crippen LogP contribution in [0.1, 0.15) is 33.2 Å². The highest BCUT2D eigenvalue weighted by atomic mass is 35.5. The Balaban J connectivity index is 2.00. The Bertz CT molecular complexity index is 1380. The summed E-state index contributed by atoms with van der Waals surface area (Å²) in [6, 6.07) is 7.95. The summed E-state index contributed by atoms with van der Waals surface area (Å²) in [5.41, 5.74) is 0.114. The molecule has 4 rings (SSSR count). The number of aryl methyl sites for hydroxylation is 2. The summed E-state index contributed by atoms with van der Waals surface area (Å²) < 4.78 is 45.5. The molecule has 1 unspecified atom stereocenters. The Morgan fingerprint density at radius 1 is 1.14 bits per heavy atom. The molecule has 0 spiro atoms. The molecule has 1 amide bonds. The van der Waals surface area contributed by atoms with Crippen LogP contribution in [-0.2, 0) is 15.8 Å². The summed E-state index contributed by atoms with van der Waals surface area (Å²) in [7, 11) is 1.34. The van der Waals surface area contributed by atoms with Crippen LogP contribution in [0.3, 0.4) is 0 Å². The van der Waals surface area contributed by atoms with Crippen LogP contribution in [0, 0.1) is 13.8 Å². The van der Waals surface area contributed by atoms with Crippen molar-refractivity contribution in [1.29, 1.82) is 0 Å². The fourth-order valence-corrected chi connectivity index (χ4v) is 5.48. The number of rotatable bonds is 4. The molecule has 1 aliphatic heterocycles. The van der Waals surface area contributed by atoms with Crippen molar-refractivity contribution in [3.05, 3.63) is 85.6 Å². The third-order valence-electron chi connectivity index (χ3n) is 5.69. The highest BCUT2D eigenvalue weighted by Crippen LogP contribution is 2.47. The van der Waals surface area contributed by atoms with E-state index in [0.717, 1.165) is 17.0 Å². The highest BCUT2D eigenvalue weighted by molar-refractivity contribution is 7.10. The number of amides is 1. The molecule has 1 aliphatic rings. The quantitative estimate of drug-likeness (QED) is 0.236. The average molecular weight is 522 g/mol. The number of halogens is 4. The molecule has 35 heavy (non-hydrogen) atoms. The van der Waals surface area contributed by atoms with Gasteiger partial charge in [0.25, 0.3) is 11.7 Å². The number of methoxy groups -OCH3 is 1. The molecule has 0 radical (unpaired) electrons. The molecule has 182 valence electrons. The average Bonchev–Trinajstić information content (AvgIpc) is 3.32. The maximum absolute atomic E-state index is 13.4. The maximum atomic E-state index is 13.4. The topological polar surface area (TPSA) is 66.8 Å². The van der Waals surface area contributed by atoms with Crippen LogP contribution in [0.25, 0.3) is 5.76 Å². The van der Waals surface area contributed by atoms with Gasteiger partial charge in [0, 0.05) is 10.6 Å². The number of anilines is 1. The molecule has 1 N–H and O–H groups in total. The van der Waals surface area contributed by atoms with E-state index in [9.17, 15) is 27.9 Å². The van der Waals surface area contributed by atoms with Crippen molar-refractivity contribution in [2.24, 2.45) is 0 Å². The molecule has 1 saturated heterocycles. The molecule has 3 aromatic rings. The zero-order valence-corrected chi connectivity index (χ0v) is 20.3. The number of hydrogen-bond acceptors (Lipinski definition) is 5. The van der Waals surface area contributed by atoms with E-state index in [-0.39, 0.29) is 27.6 Å². The van der Waals surface area contributed by atoms with Gasteiger partial charge in [0.1, 0.15) is 17.6 Å². The lowest BCUT2D eigenvalue weighted by Gasteiger charge is -2.26. The largest absolute Gasteiger partial charge is 0.507 e. The number of aliphatic hydroxyl groups excluding tert-OH is 1. The van der Waals surface area contributed by atoms with E-state index in [0.29, 0.717) is 16.0 Å². The summed E-state index contributed by atoms with van der Waals surface area (Å²) >= 11 is 7.49. The SMILES string of the molecule is COc1c(Cl)cc(C)cc1/C(O)=C1\C(=O)C(=O)N(c2cccc(C(F)(F)F)c2)C1c1sccc1C. The summed E-state index contributed by atoms with van der Waals surface area (Å²) in [4.78, 5) is 28.0. The number of hydrogen-bond donors (Lipinski definition) is 1. The molecule has 2 aromatic carbocycles. The summed E-state index contributed by atoms with van der Waals surface area (Å²) in [6.07, 6.45) is -4.65. The molecular weight excluding hydrogens is 503 g/mol. The first kappa shape index (κ1) is 24.8. The van der Waals surface area contributed by atoms with Gasteiger partial charge >= 0.3 is 6.18 Å². The molecule has 1 aromatic heterocycles. The first-order valence-corrected chi connectivity index (χ1v) is 11.6. The number of benzene rings is 2. The first-order chi connectivity index (χ1) is 16.5. The van der Waals surface area contributed by atoms with Gasteiger partial charge in [-0.3, -0.25) is 14.5 Å². The van der Waals surface area contributed by atoms with Crippen molar-refractivity contribution in [2.75, 3.05) is 12.0 Å². The minimum Gasteiger partial charge on any atom is -0.507 e. The number of thiophene rings is 1. The van der Waals surface area contributed by atoms with E-state index >= 15 is 0 Å². The van der Waals surface area contributed by atoms with Gasteiger partial charge in [0.05, 0.1) is 28.8 Å². The molecular formula is C25H19ClF3NO4S. The zero-order valence-electron chi connectivity index (χ0n) is 18.7. The third kappa shape index (κ3) is 4.30. The molecule has 10 heteroatoms. The number of Topliss-reactive ketones (excluding diaryl/α,β-unsaturated/α-hetero) is 1. The van der Waals surface area contributed by atoms with Gasteiger partial charge in [-0.25, -0.2) is 0 Å². The Hall–Kier alpha value is -3.30. The lowest BCUT2D eigenvalue weighted by molar-refractivity contribution is -0.137. The first-order valence-electron chi connectivity index (χ1n) is 10.3. The summed E-state index contributed by atoms with van der Waals surface area (Å²) in [5.74, 6) is -2.52. The Morgan fingerprint density at radius 3 is 2.46 bits per heavy atom. The number of carbonyl (C=O) groups excluding carboxylic acids is 2. The second kappa shape index (κ2) is 9.05. The number of carbonyl (C=O) groups is 2. The smallest absolute Gasteiger partial charge is 0.416 e. The number of nitrogens with zero attached hydrogens (tertiary/aromatic N) is 1. The Labute approximate surface area is 208 Å². The van der Waals surface area contributed by atoms with Crippen LogP contribution in [0.5, 0.6) is 5.75 Å². The van der Waals surface area contributed by atoms with Crippen LogP contribution in [-0.4, -0.2) is 23.9 Å². The van der Waals surface area contributed by atoms with Crippen molar-refractivity contribution < 1.29 is 32.6 Å². The van der Waals surface area contributed by atoms with Gasteiger partial charge in [0.2, 0.25) is 0 Å². The van der Waals surface area contributed by atoms with Gasteiger partial charge < -0.3 is 9.84 Å².